The molecule has 3 heteroatoms. The predicted molar refractivity (Wildman–Crippen MR) is 68.3 cm³/mol. The minimum atomic E-state index is -1.09. The zero-order valence-corrected chi connectivity index (χ0v) is 11.6. The fourth-order valence-electron chi connectivity index (χ4n) is 5.57. The van der Waals surface area contributed by atoms with Crippen molar-refractivity contribution < 1.29 is 14.6 Å². The largest absolute Gasteiger partial charge is 0.506 e. The third-order valence-corrected chi connectivity index (χ3v) is 5.78. The van der Waals surface area contributed by atoms with Crippen LogP contribution in [-0.4, -0.2) is 16.9 Å². The van der Waals surface area contributed by atoms with E-state index in [-0.39, 0.29) is 5.41 Å². The number of rotatable bonds is 1. The van der Waals surface area contributed by atoms with Gasteiger partial charge in [-0.2, -0.15) is 0 Å². The molecule has 0 spiro atoms. The lowest BCUT2D eigenvalue weighted by molar-refractivity contribution is -0.228. The van der Waals surface area contributed by atoms with Crippen LogP contribution in [0.1, 0.15) is 52.9 Å². The second-order valence-corrected chi connectivity index (χ2v) is 7.72. The number of hydrogen-bond acceptors (Lipinski definition) is 2. The first kappa shape index (κ1) is 12.3. The molecule has 3 nitrogen and oxygen atoms in total. The first-order valence-corrected chi connectivity index (χ1v) is 7.25. The number of carbonyl (C=O) groups is 1. The number of hydrogen-bond donors (Lipinski definition) is 1. The van der Waals surface area contributed by atoms with E-state index in [0.717, 1.165) is 11.8 Å². The molecule has 0 atom stereocenters. The van der Waals surface area contributed by atoms with Crippen LogP contribution in [0.15, 0.2) is 0 Å². The van der Waals surface area contributed by atoms with Gasteiger partial charge in [-0.05, 0) is 43.9 Å². The molecular formula is C15H24O3. The summed E-state index contributed by atoms with van der Waals surface area (Å²) in [6, 6.07) is 0. The Morgan fingerprint density at radius 2 is 1.50 bits per heavy atom. The van der Waals surface area contributed by atoms with Crippen LogP contribution in [-0.2, 0) is 4.74 Å². The van der Waals surface area contributed by atoms with Crippen molar-refractivity contribution in [3.05, 3.63) is 0 Å². The van der Waals surface area contributed by atoms with Crippen LogP contribution in [0.4, 0.5) is 4.79 Å². The van der Waals surface area contributed by atoms with E-state index in [4.69, 9.17) is 4.74 Å². The molecule has 0 saturated heterocycles. The van der Waals surface area contributed by atoms with E-state index in [9.17, 15) is 9.90 Å². The second kappa shape index (κ2) is 3.64. The van der Waals surface area contributed by atoms with Gasteiger partial charge in [0, 0.05) is 17.3 Å². The minimum absolute atomic E-state index is 0.103. The summed E-state index contributed by atoms with van der Waals surface area (Å²) < 4.78 is 5.60. The lowest BCUT2D eigenvalue weighted by atomic mass is 9.45. The van der Waals surface area contributed by atoms with Crippen LogP contribution in [0.5, 0.6) is 0 Å². The Morgan fingerprint density at radius 3 is 1.83 bits per heavy atom. The molecule has 0 aliphatic heterocycles. The van der Waals surface area contributed by atoms with Crippen molar-refractivity contribution in [2.24, 2.45) is 29.1 Å². The number of ether oxygens (including phenoxy) is 1. The van der Waals surface area contributed by atoms with Crippen molar-refractivity contribution >= 4 is 6.16 Å². The molecule has 4 saturated carbocycles. The van der Waals surface area contributed by atoms with Gasteiger partial charge in [0.15, 0.2) is 0 Å². The Bertz CT molecular complexity index is 338. The molecule has 4 bridgehead atoms. The zero-order chi connectivity index (χ0) is 13.1. The Labute approximate surface area is 109 Å². The molecule has 4 fully saturated rings. The molecule has 18 heavy (non-hydrogen) atoms. The van der Waals surface area contributed by atoms with Gasteiger partial charge in [0.1, 0.15) is 5.60 Å². The third-order valence-electron chi connectivity index (χ3n) is 5.78. The van der Waals surface area contributed by atoms with Gasteiger partial charge in [0.05, 0.1) is 0 Å². The van der Waals surface area contributed by atoms with Crippen molar-refractivity contribution in [3.8, 4) is 0 Å². The van der Waals surface area contributed by atoms with Crippen molar-refractivity contribution in [2.45, 2.75) is 58.5 Å². The summed E-state index contributed by atoms with van der Waals surface area (Å²) in [4.78, 5) is 11.2. The highest BCUT2D eigenvalue weighted by Crippen LogP contribution is 2.64. The van der Waals surface area contributed by atoms with Crippen LogP contribution in [0.3, 0.4) is 0 Å². The van der Waals surface area contributed by atoms with Gasteiger partial charge in [0.2, 0.25) is 0 Å². The fourth-order valence-corrected chi connectivity index (χ4v) is 5.57. The molecule has 0 aromatic rings. The fraction of sp³-hybridized carbons (Fsp3) is 0.933. The summed E-state index contributed by atoms with van der Waals surface area (Å²) >= 11 is 0. The normalized spacial score (nSPS) is 46.2. The average Bonchev–Trinajstić information content (AvgIpc) is 2.20. The second-order valence-electron chi connectivity index (χ2n) is 7.72. The maximum absolute atomic E-state index is 11.2. The molecular weight excluding hydrogens is 228 g/mol. The Hall–Kier alpha value is -0.730. The summed E-state index contributed by atoms with van der Waals surface area (Å²) in [5.41, 5.74) is -0.541. The van der Waals surface area contributed by atoms with E-state index in [2.05, 4.69) is 20.8 Å². The Kier molecular flexibility index (Phi) is 2.49. The van der Waals surface area contributed by atoms with Crippen molar-refractivity contribution in [1.82, 2.24) is 0 Å². The van der Waals surface area contributed by atoms with E-state index in [0.29, 0.717) is 11.8 Å². The Balaban J connectivity index is 2.01. The molecule has 0 unspecified atom stereocenters. The molecule has 0 aromatic heterocycles. The molecule has 102 valence electrons. The molecule has 0 heterocycles. The highest BCUT2D eigenvalue weighted by molar-refractivity contribution is 5.58. The topological polar surface area (TPSA) is 46.5 Å². The van der Waals surface area contributed by atoms with Gasteiger partial charge in [-0.15, -0.1) is 0 Å². The molecule has 1 N–H and O–H groups in total. The first-order chi connectivity index (χ1) is 8.33. The van der Waals surface area contributed by atoms with Gasteiger partial charge >= 0.3 is 6.16 Å². The lowest BCUT2D eigenvalue weighted by Crippen LogP contribution is -2.65. The van der Waals surface area contributed by atoms with Gasteiger partial charge in [-0.3, -0.25) is 0 Å². The van der Waals surface area contributed by atoms with E-state index < -0.39 is 11.8 Å². The van der Waals surface area contributed by atoms with Crippen molar-refractivity contribution in [1.29, 1.82) is 0 Å². The monoisotopic (exact) mass is 252 g/mol. The predicted octanol–water partition coefficient (Wildman–Crippen LogP) is 3.92. The summed E-state index contributed by atoms with van der Waals surface area (Å²) in [6.07, 6.45) is 5.00. The molecule has 0 amide bonds. The van der Waals surface area contributed by atoms with Crippen LogP contribution in [0.25, 0.3) is 0 Å². The summed E-state index contributed by atoms with van der Waals surface area (Å²) in [7, 11) is 0. The van der Waals surface area contributed by atoms with E-state index >= 15 is 0 Å². The molecule has 4 aliphatic carbocycles. The van der Waals surface area contributed by atoms with Crippen LogP contribution < -0.4 is 0 Å². The standard InChI is InChI=1S/C15H24O3/c1-14(2,3)15(18-13(16)17)11-5-9-4-10(7-11)8-12(15)6-9/h9-12H,4-8H2,1-3H3,(H,16,17). The summed E-state index contributed by atoms with van der Waals surface area (Å²) in [6.45, 7) is 6.45. The van der Waals surface area contributed by atoms with Gasteiger partial charge in [-0.25, -0.2) is 4.79 Å². The Morgan fingerprint density at radius 1 is 1.06 bits per heavy atom. The van der Waals surface area contributed by atoms with Gasteiger partial charge in [-0.1, -0.05) is 20.8 Å². The zero-order valence-electron chi connectivity index (χ0n) is 11.6. The van der Waals surface area contributed by atoms with Gasteiger partial charge in [0.25, 0.3) is 0 Å². The van der Waals surface area contributed by atoms with Crippen LogP contribution in [0, 0.1) is 29.1 Å². The van der Waals surface area contributed by atoms with Gasteiger partial charge < -0.3 is 9.84 Å². The van der Waals surface area contributed by atoms with Crippen molar-refractivity contribution in [3.63, 3.8) is 0 Å². The highest BCUT2D eigenvalue weighted by Gasteiger charge is 2.64. The van der Waals surface area contributed by atoms with E-state index in [1.807, 2.05) is 0 Å². The highest BCUT2D eigenvalue weighted by atomic mass is 16.7. The SMILES string of the molecule is CC(C)(C)C1(OC(=O)O)C2CC3CC(C2)CC1C3. The average molecular weight is 252 g/mol. The lowest BCUT2D eigenvalue weighted by Gasteiger charge is -2.64. The first-order valence-electron chi connectivity index (χ1n) is 7.25. The van der Waals surface area contributed by atoms with Crippen LogP contribution >= 0.6 is 0 Å². The van der Waals surface area contributed by atoms with E-state index in [1.54, 1.807) is 0 Å². The van der Waals surface area contributed by atoms with Crippen LogP contribution in [0.2, 0.25) is 0 Å². The minimum Gasteiger partial charge on any atom is -0.450 e. The van der Waals surface area contributed by atoms with E-state index in [1.165, 1.54) is 32.1 Å². The molecule has 4 rings (SSSR count). The maximum atomic E-state index is 11.2. The quantitative estimate of drug-likeness (QED) is 0.719. The number of carboxylic acid groups (broad SMARTS) is 1. The summed E-state index contributed by atoms with van der Waals surface area (Å²) in [5.74, 6) is 2.57. The molecule has 0 aromatic carbocycles. The third kappa shape index (κ3) is 1.52. The maximum Gasteiger partial charge on any atom is 0.506 e. The summed E-state index contributed by atoms with van der Waals surface area (Å²) in [5, 5.41) is 9.20. The van der Waals surface area contributed by atoms with Crippen molar-refractivity contribution in [2.75, 3.05) is 0 Å². The smallest absolute Gasteiger partial charge is 0.450 e. The molecule has 0 radical (unpaired) electrons. The molecule has 4 aliphatic rings.